The van der Waals surface area contributed by atoms with Gasteiger partial charge >= 0.3 is 5.97 Å². The quantitative estimate of drug-likeness (QED) is 0.369. The molecule has 0 radical (unpaired) electrons. The van der Waals surface area contributed by atoms with Gasteiger partial charge in [-0.25, -0.2) is 0 Å². The molecule has 0 amide bonds. The van der Waals surface area contributed by atoms with Gasteiger partial charge in [0.05, 0.1) is 11.5 Å². The van der Waals surface area contributed by atoms with Gasteiger partial charge in [-0.05, 0) is 38.2 Å². The summed E-state index contributed by atoms with van der Waals surface area (Å²) in [6.07, 6.45) is 7.95. The highest BCUT2D eigenvalue weighted by Gasteiger charge is 2.19. The van der Waals surface area contributed by atoms with Crippen molar-refractivity contribution in [2.75, 3.05) is 11.9 Å². The zero-order valence-electron chi connectivity index (χ0n) is 14.4. The topological polar surface area (TPSA) is 102 Å². The fraction of sp³-hybridized carbons (Fsp3) is 0.611. The van der Waals surface area contributed by atoms with E-state index in [1.807, 2.05) is 0 Å². The Bertz CT molecular complexity index is 585. The van der Waals surface area contributed by atoms with Crippen molar-refractivity contribution in [2.24, 2.45) is 0 Å². The molecule has 0 aliphatic heterocycles. The van der Waals surface area contributed by atoms with Crippen LogP contribution < -0.4 is 10.1 Å². The summed E-state index contributed by atoms with van der Waals surface area (Å²) in [6, 6.07) is 5.06. The zero-order chi connectivity index (χ0) is 18.1. The number of benzene rings is 1. The lowest BCUT2D eigenvalue weighted by Gasteiger charge is -2.23. The molecule has 7 nitrogen and oxygen atoms in total. The van der Waals surface area contributed by atoms with Crippen LogP contribution in [-0.2, 0) is 4.79 Å². The number of hydrogen-bond acceptors (Lipinski definition) is 5. The third-order valence-electron chi connectivity index (χ3n) is 4.43. The molecule has 0 bridgehead atoms. The summed E-state index contributed by atoms with van der Waals surface area (Å²) >= 11 is 0. The standard InChI is InChI=1S/C18H26N2O5/c21-18(22)9-5-2-6-12-25-15-10-11-17(20(23)24)16(13-15)19-14-7-3-1-4-8-14/h10-11,13-14,19H,1-9,12H2,(H,21,22). The van der Waals surface area contributed by atoms with Crippen LogP contribution in [0.15, 0.2) is 18.2 Å². The molecule has 7 heteroatoms. The number of rotatable bonds is 10. The number of nitrogens with one attached hydrogen (secondary N) is 1. The molecule has 1 aromatic carbocycles. The fourth-order valence-electron chi connectivity index (χ4n) is 3.09. The number of aliphatic carboxylic acids is 1. The average Bonchev–Trinajstić information content (AvgIpc) is 2.58. The molecule has 2 rings (SSSR count). The molecule has 1 aliphatic carbocycles. The molecule has 138 valence electrons. The summed E-state index contributed by atoms with van der Waals surface area (Å²) in [5, 5.41) is 23.1. The highest BCUT2D eigenvalue weighted by atomic mass is 16.6. The summed E-state index contributed by atoms with van der Waals surface area (Å²) in [4.78, 5) is 21.3. The third kappa shape index (κ3) is 6.60. The van der Waals surface area contributed by atoms with Gasteiger partial charge in [-0.2, -0.15) is 0 Å². The third-order valence-corrected chi connectivity index (χ3v) is 4.43. The van der Waals surface area contributed by atoms with Crippen LogP contribution in [-0.4, -0.2) is 28.6 Å². The highest BCUT2D eigenvalue weighted by molar-refractivity contribution is 5.66. The maximum Gasteiger partial charge on any atom is 0.303 e. The molecule has 0 heterocycles. The van der Waals surface area contributed by atoms with E-state index in [1.165, 1.54) is 12.5 Å². The predicted octanol–water partition coefficient (Wildman–Crippen LogP) is 4.36. The monoisotopic (exact) mass is 350 g/mol. The Kier molecular flexibility index (Phi) is 7.50. The van der Waals surface area contributed by atoms with Gasteiger partial charge in [-0.15, -0.1) is 0 Å². The first-order chi connectivity index (χ1) is 12.1. The van der Waals surface area contributed by atoms with Crippen molar-refractivity contribution in [3.63, 3.8) is 0 Å². The number of nitrogens with zero attached hydrogens (tertiary/aromatic N) is 1. The van der Waals surface area contributed by atoms with Gasteiger partial charge < -0.3 is 15.2 Å². The van der Waals surface area contributed by atoms with Crippen molar-refractivity contribution in [2.45, 2.75) is 63.8 Å². The largest absolute Gasteiger partial charge is 0.494 e. The van der Waals surface area contributed by atoms with E-state index in [1.54, 1.807) is 12.1 Å². The highest BCUT2D eigenvalue weighted by Crippen LogP contribution is 2.31. The molecule has 1 fully saturated rings. The van der Waals surface area contributed by atoms with Gasteiger partial charge in [0.2, 0.25) is 0 Å². The maximum atomic E-state index is 11.2. The van der Waals surface area contributed by atoms with Crippen molar-refractivity contribution in [3.8, 4) is 5.75 Å². The molecule has 1 aliphatic rings. The van der Waals surface area contributed by atoms with E-state index < -0.39 is 5.97 Å². The minimum atomic E-state index is -0.783. The second kappa shape index (κ2) is 9.86. The number of carboxylic acid groups (broad SMARTS) is 1. The smallest absolute Gasteiger partial charge is 0.303 e. The van der Waals surface area contributed by atoms with Gasteiger partial charge in [0, 0.05) is 24.6 Å². The molecule has 25 heavy (non-hydrogen) atoms. The summed E-state index contributed by atoms with van der Waals surface area (Å²) in [7, 11) is 0. The summed E-state index contributed by atoms with van der Waals surface area (Å²) < 4.78 is 5.67. The molecule has 0 unspecified atom stereocenters. The van der Waals surface area contributed by atoms with Crippen molar-refractivity contribution < 1.29 is 19.6 Å². The number of ether oxygens (including phenoxy) is 1. The van der Waals surface area contributed by atoms with Crippen LogP contribution in [0.25, 0.3) is 0 Å². The fourth-order valence-corrected chi connectivity index (χ4v) is 3.09. The molecule has 1 aromatic rings. The Morgan fingerprint density at radius 3 is 2.68 bits per heavy atom. The van der Waals surface area contributed by atoms with Crippen LogP contribution in [0.3, 0.4) is 0 Å². The lowest BCUT2D eigenvalue weighted by molar-refractivity contribution is -0.384. The number of hydrogen-bond donors (Lipinski definition) is 2. The number of carbonyl (C=O) groups is 1. The van der Waals surface area contributed by atoms with E-state index in [2.05, 4.69) is 5.32 Å². The van der Waals surface area contributed by atoms with Crippen molar-refractivity contribution in [1.29, 1.82) is 0 Å². The van der Waals surface area contributed by atoms with Gasteiger partial charge in [-0.3, -0.25) is 14.9 Å². The molecular formula is C18H26N2O5. The molecule has 0 atom stereocenters. The SMILES string of the molecule is O=C(O)CCCCCOc1ccc([N+](=O)[O-])c(NC2CCCCC2)c1. The Balaban J connectivity index is 1.89. The number of nitro groups is 1. The number of carboxylic acids is 1. The summed E-state index contributed by atoms with van der Waals surface area (Å²) in [5.74, 6) is -0.183. The average molecular weight is 350 g/mol. The molecular weight excluding hydrogens is 324 g/mol. The minimum Gasteiger partial charge on any atom is -0.494 e. The second-order valence-electron chi connectivity index (χ2n) is 6.47. The van der Waals surface area contributed by atoms with Crippen LogP contribution in [0.2, 0.25) is 0 Å². The lowest BCUT2D eigenvalue weighted by Crippen LogP contribution is -2.22. The molecule has 0 aromatic heterocycles. The summed E-state index contributed by atoms with van der Waals surface area (Å²) in [5.41, 5.74) is 0.583. The Morgan fingerprint density at radius 1 is 1.24 bits per heavy atom. The van der Waals surface area contributed by atoms with Gasteiger partial charge in [0.15, 0.2) is 0 Å². The Morgan fingerprint density at radius 2 is 2.00 bits per heavy atom. The summed E-state index contributed by atoms with van der Waals surface area (Å²) in [6.45, 7) is 0.473. The van der Waals surface area contributed by atoms with Gasteiger partial charge in [-0.1, -0.05) is 19.3 Å². The first kappa shape index (κ1) is 19.0. The normalized spacial score (nSPS) is 14.9. The first-order valence-corrected chi connectivity index (χ1v) is 8.96. The molecule has 2 N–H and O–H groups in total. The maximum absolute atomic E-state index is 11.2. The van der Waals surface area contributed by atoms with E-state index in [9.17, 15) is 14.9 Å². The molecule has 0 spiro atoms. The van der Waals surface area contributed by atoms with E-state index in [0.717, 1.165) is 38.5 Å². The lowest BCUT2D eigenvalue weighted by atomic mass is 9.95. The van der Waals surface area contributed by atoms with E-state index in [0.29, 0.717) is 24.5 Å². The zero-order valence-corrected chi connectivity index (χ0v) is 14.4. The first-order valence-electron chi connectivity index (χ1n) is 8.96. The predicted molar refractivity (Wildman–Crippen MR) is 95.2 cm³/mol. The number of anilines is 1. The van der Waals surface area contributed by atoms with Crippen LogP contribution in [0.1, 0.15) is 57.8 Å². The van der Waals surface area contributed by atoms with E-state index in [4.69, 9.17) is 9.84 Å². The van der Waals surface area contributed by atoms with Gasteiger partial charge in [0.1, 0.15) is 11.4 Å². The van der Waals surface area contributed by atoms with Crippen molar-refractivity contribution in [1.82, 2.24) is 0 Å². The van der Waals surface area contributed by atoms with Crippen LogP contribution in [0.4, 0.5) is 11.4 Å². The van der Waals surface area contributed by atoms with Crippen LogP contribution >= 0.6 is 0 Å². The second-order valence-corrected chi connectivity index (χ2v) is 6.47. The van der Waals surface area contributed by atoms with Crippen molar-refractivity contribution >= 4 is 17.3 Å². The van der Waals surface area contributed by atoms with Gasteiger partial charge in [0.25, 0.3) is 5.69 Å². The van der Waals surface area contributed by atoms with E-state index >= 15 is 0 Å². The Labute approximate surface area is 147 Å². The molecule has 0 saturated heterocycles. The number of unbranched alkanes of at least 4 members (excludes halogenated alkanes) is 2. The van der Waals surface area contributed by atoms with E-state index in [-0.39, 0.29) is 23.1 Å². The van der Waals surface area contributed by atoms with Crippen molar-refractivity contribution in [3.05, 3.63) is 28.3 Å². The van der Waals surface area contributed by atoms with Crippen LogP contribution in [0, 0.1) is 10.1 Å². The molecule has 1 saturated carbocycles. The minimum absolute atomic E-state index is 0.0689. The number of nitro benzene ring substituents is 1. The Hall–Kier alpha value is -2.31. The van der Waals surface area contributed by atoms with Crippen LogP contribution in [0.5, 0.6) is 5.75 Å².